The Kier molecular flexibility index (Phi) is 7.96. The van der Waals surface area contributed by atoms with E-state index in [4.69, 9.17) is 16.3 Å². The van der Waals surface area contributed by atoms with Crippen LogP contribution < -0.4 is 26.9 Å². The number of carbonyl (C=O) groups is 1. The van der Waals surface area contributed by atoms with E-state index in [1.165, 1.54) is 24.4 Å². The molecule has 172 valence electrons. The van der Waals surface area contributed by atoms with E-state index in [0.717, 1.165) is 25.9 Å². The van der Waals surface area contributed by atoms with Gasteiger partial charge in [0.1, 0.15) is 5.69 Å². The number of ether oxygens (including phenoxy) is 1. The number of amides is 1. The first kappa shape index (κ1) is 23.4. The molecule has 1 amide bonds. The second kappa shape index (κ2) is 10.9. The maximum Gasteiger partial charge on any atom is 0.270 e. The van der Waals surface area contributed by atoms with Crippen LogP contribution in [0.15, 0.2) is 35.4 Å². The number of nitrogens with one attached hydrogen (secondary N) is 2. The van der Waals surface area contributed by atoms with Gasteiger partial charge in [0.25, 0.3) is 5.91 Å². The van der Waals surface area contributed by atoms with Crippen LogP contribution in [-0.4, -0.2) is 48.6 Å². The molecule has 1 unspecified atom stereocenters. The summed E-state index contributed by atoms with van der Waals surface area (Å²) in [6.45, 7) is 4.48. The van der Waals surface area contributed by atoms with Crippen LogP contribution in [0.4, 0.5) is 4.39 Å². The van der Waals surface area contributed by atoms with Crippen LogP contribution in [0.1, 0.15) is 40.2 Å². The van der Waals surface area contributed by atoms with Crippen molar-refractivity contribution in [1.29, 1.82) is 0 Å². The number of hydrazine groups is 1. The lowest BCUT2D eigenvalue weighted by Gasteiger charge is -2.25. The molecular formula is C22H30FN7O2. The Morgan fingerprint density at radius 2 is 2.22 bits per heavy atom. The third-order valence-electron chi connectivity index (χ3n) is 5.23. The fourth-order valence-electron chi connectivity index (χ4n) is 3.60. The van der Waals surface area contributed by atoms with Crippen molar-refractivity contribution in [3.05, 3.63) is 58.7 Å². The minimum absolute atomic E-state index is 0.118. The minimum Gasteiger partial charge on any atom is -0.494 e. The number of hydrogen-bond donors (Lipinski definition) is 4. The summed E-state index contributed by atoms with van der Waals surface area (Å²) in [6, 6.07) is 7.73. The van der Waals surface area contributed by atoms with Gasteiger partial charge in [0.2, 0.25) is 0 Å². The molecule has 6 N–H and O–H groups in total. The van der Waals surface area contributed by atoms with Crippen molar-refractivity contribution in [3.8, 4) is 5.75 Å². The van der Waals surface area contributed by atoms with Gasteiger partial charge >= 0.3 is 0 Å². The minimum atomic E-state index is -0.462. The molecule has 2 aromatic rings. The van der Waals surface area contributed by atoms with Crippen LogP contribution in [0.3, 0.4) is 0 Å². The van der Waals surface area contributed by atoms with E-state index < -0.39 is 5.82 Å². The number of aryl methyl sites for hydroxylation is 1. The zero-order valence-corrected chi connectivity index (χ0v) is 18.4. The fraction of sp³-hybridized carbons (Fsp3) is 0.409. The zero-order valence-electron chi connectivity index (χ0n) is 18.4. The molecule has 0 radical (unpaired) electrons. The number of rotatable bonds is 8. The first-order valence-electron chi connectivity index (χ1n) is 10.5. The van der Waals surface area contributed by atoms with Crippen LogP contribution in [0.2, 0.25) is 0 Å². The van der Waals surface area contributed by atoms with Crippen LogP contribution in [0.25, 0.3) is 0 Å². The quantitative estimate of drug-likeness (QED) is 0.209. The molecule has 1 aliphatic heterocycles. The highest BCUT2D eigenvalue weighted by atomic mass is 19.1. The Morgan fingerprint density at radius 3 is 2.94 bits per heavy atom. The van der Waals surface area contributed by atoms with Crippen molar-refractivity contribution in [2.24, 2.45) is 22.6 Å². The molecule has 1 aliphatic rings. The Morgan fingerprint density at radius 1 is 1.41 bits per heavy atom. The van der Waals surface area contributed by atoms with Crippen molar-refractivity contribution in [2.75, 3.05) is 26.7 Å². The molecule has 1 aromatic heterocycles. The van der Waals surface area contributed by atoms with Gasteiger partial charge in [-0.3, -0.25) is 4.79 Å². The largest absolute Gasteiger partial charge is 0.494 e. The molecule has 32 heavy (non-hydrogen) atoms. The predicted octanol–water partition coefficient (Wildman–Crippen LogP) is 1.26. The van der Waals surface area contributed by atoms with Gasteiger partial charge in [-0.2, -0.15) is 0 Å². The third kappa shape index (κ3) is 6.38. The lowest BCUT2D eigenvalue weighted by molar-refractivity contribution is 0.0945. The Hall–Kier alpha value is -3.24. The number of aromatic nitrogens is 1. The second-order valence-electron chi connectivity index (χ2n) is 7.85. The molecule has 1 atom stereocenters. The average Bonchev–Trinajstić information content (AvgIpc) is 2.78. The van der Waals surface area contributed by atoms with E-state index in [1.807, 2.05) is 0 Å². The average molecular weight is 444 g/mol. The van der Waals surface area contributed by atoms with Gasteiger partial charge in [-0.1, -0.05) is 6.07 Å². The molecule has 1 fully saturated rings. The van der Waals surface area contributed by atoms with Crippen LogP contribution in [0.5, 0.6) is 5.75 Å². The molecule has 1 saturated heterocycles. The molecule has 3 rings (SSSR count). The molecule has 10 heteroatoms. The Bertz CT molecular complexity index is 977. The van der Waals surface area contributed by atoms with Gasteiger partial charge in [0.05, 0.1) is 13.7 Å². The number of nitrogens with zero attached hydrogens (tertiary/aromatic N) is 3. The van der Waals surface area contributed by atoms with Gasteiger partial charge < -0.3 is 21.1 Å². The summed E-state index contributed by atoms with van der Waals surface area (Å²) in [5, 5.41) is 11.7. The van der Waals surface area contributed by atoms with E-state index in [9.17, 15) is 9.18 Å². The van der Waals surface area contributed by atoms with Gasteiger partial charge in [-0.15, -0.1) is 5.10 Å². The SMILES string of the molecule is COc1cc(CNC(=O)c2cc(/C(N)=N/N(N)CC3CCCNC3)cc(C)n2)ccc1F. The number of piperidine rings is 1. The smallest absolute Gasteiger partial charge is 0.270 e. The van der Waals surface area contributed by atoms with Crippen molar-refractivity contribution in [2.45, 2.75) is 26.3 Å². The van der Waals surface area contributed by atoms with Crippen LogP contribution >= 0.6 is 0 Å². The van der Waals surface area contributed by atoms with Gasteiger partial charge in [-0.05, 0) is 68.6 Å². The fourth-order valence-corrected chi connectivity index (χ4v) is 3.60. The highest BCUT2D eigenvalue weighted by Crippen LogP contribution is 2.18. The monoisotopic (exact) mass is 443 g/mol. The molecular weight excluding hydrogens is 413 g/mol. The predicted molar refractivity (Wildman–Crippen MR) is 120 cm³/mol. The number of carbonyl (C=O) groups excluding carboxylic acids is 1. The van der Waals surface area contributed by atoms with Crippen LogP contribution in [0, 0.1) is 18.7 Å². The molecule has 0 bridgehead atoms. The number of pyridine rings is 1. The van der Waals surface area contributed by atoms with E-state index in [-0.39, 0.29) is 29.7 Å². The summed E-state index contributed by atoms with van der Waals surface area (Å²) < 4.78 is 18.5. The van der Waals surface area contributed by atoms with Gasteiger partial charge in [0.15, 0.2) is 17.4 Å². The van der Waals surface area contributed by atoms with E-state index >= 15 is 0 Å². The first-order chi connectivity index (χ1) is 15.4. The molecule has 9 nitrogen and oxygen atoms in total. The number of methoxy groups -OCH3 is 1. The van der Waals surface area contributed by atoms with Crippen molar-refractivity contribution in [3.63, 3.8) is 0 Å². The number of hydrogen-bond acceptors (Lipinski definition) is 7. The van der Waals surface area contributed by atoms with Crippen molar-refractivity contribution in [1.82, 2.24) is 20.7 Å². The van der Waals surface area contributed by atoms with Gasteiger partial charge in [-0.25, -0.2) is 20.3 Å². The summed E-state index contributed by atoms with van der Waals surface area (Å²) in [5.41, 5.74) is 8.23. The molecule has 0 saturated carbocycles. The summed E-state index contributed by atoms with van der Waals surface area (Å²) in [5.74, 6) is 5.92. The lowest BCUT2D eigenvalue weighted by atomic mass is 10.00. The highest BCUT2D eigenvalue weighted by molar-refractivity contribution is 6.00. The summed E-state index contributed by atoms with van der Waals surface area (Å²) >= 11 is 0. The maximum atomic E-state index is 13.6. The van der Waals surface area contributed by atoms with E-state index in [0.29, 0.717) is 29.3 Å². The molecule has 0 aliphatic carbocycles. The molecule has 0 spiro atoms. The van der Waals surface area contributed by atoms with Gasteiger partial charge in [0, 0.05) is 17.8 Å². The van der Waals surface area contributed by atoms with Crippen molar-refractivity contribution >= 4 is 11.7 Å². The Balaban J connectivity index is 1.66. The van der Waals surface area contributed by atoms with E-state index in [2.05, 4.69) is 20.7 Å². The lowest BCUT2D eigenvalue weighted by Crippen LogP contribution is -2.40. The topological polar surface area (TPSA) is 131 Å². The second-order valence-corrected chi connectivity index (χ2v) is 7.85. The standard InChI is InChI=1S/C22H30FN7O2/c1-14-8-17(21(24)29-30(25)13-16-4-3-7-26-11-16)10-19(28-14)22(31)27-12-15-5-6-18(23)20(9-15)32-2/h5-6,8-10,16,26H,3-4,7,11-13,25H2,1-2H3,(H2,24,29)(H,27,31). The normalized spacial score (nSPS) is 16.5. The van der Waals surface area contributed by atoms with Crippen molar-refractivity contribution < 1.29 is 13.9 Å². The number of halogens is 1. The first-order valence-corrected chi connectivity index (χ1v) is 10.5. The summed E-state index contributed by atoms with van der Waals surface area (Å²) in [6.07, 6.45) is 2.21. The number of hydrazone groups is 1. The van der Waals surface area contributed by atoms with Crippen LogP contribution in [-0.2, 0) is 6.54 Å². The Labute approximate surface area is 187 Å². The number of amidine groups is 1. The summed E-state index contributed by atoms with van der Waals surface area (Å²) in [7, 11) is 1.39. The zero-order chi connectivity index (χ0) is 23.1. The third-order valence-corrected chi connectivity index (χ3v) is 5.23. The number of benzene rings is 1. The molecule has 1 aromatic carbocycles. The molecule has 2 heterocycles. The number of nitrogens with two attached hydrogens (primary N) is 2. The summed E-state index contributed by atoms with van der Waals surface area (Å²) in [4.78, 5) is 16.9. The highest BCUT2D eigenvalue weighted by Gasteiger charge is 2.16. The maximum absolute atomic E-state index is 13.6. The van der Waals surface area contributed by atoms with E-state index in [1.54, 1.807) is 25.1 Å².